The van der Waals surface area contributed by atoms with Gasteiger partial charge in [0.25, 0.3) is 5.69 Å². The number of sulfone groups is 1. The van der Waals surface area contributed by atoms with E-state index in [1.54, 1.807) is 0 Å². The van der Waals surface area contributed by atoms with Gasteiger partial charge in [0, 0.05) is 50.4 Å². The van der Waals surface area contributed by atoms with Gasteiger partial charge in [-0.3, -0.25) is 10.1 Å². The zero-order valence-electron chi connectivity index (χ0n) is 16.0. The molecule has 1 aliphatic rings. The van der Waals surface area contributed by atoms with E-state index in [4.69, 9.17) is 0 Å². The van der Waals surface area contributed by atoms with E-state index in [0.717, 1.165) is 18.5 Å². The van der Waals surface area contributed by atoms with Gasteiger partial charge in [0.2, 0.25) is 0 Å². The standard InChI is InChI=1S/C18H19F3N4O4S/c1-30(28,29)16-5-4-14(11-15(16)25(26)27)23-7-2-8-24(10-9-23)17-6-3-13(12-22-17)18(19,20)21/h3-6,11-12H,2,7-10H2,1H3. The predicted molar refractivity (Wildman–Crippen MR) is 104 cm³/mol. The van der Waals surface area contributed by atoms with Gasteiger partial charge in [-0.15, -0.1) is 0 Å². The van der Waals surface area contributed by atoms with E-state index >= 15 is 0 Å². The molecule has 1 saturated heterocycles. The van der Waals surface area contributed by atoms with Gasteiger partial charge < -0.3 is 9.80 Å². The molecule has 1 aromatic heterocycles. The van der Waals surface area contributed by atoms with Crippen LogP contribution in [-0.4, -0.2) is 50.8 Å². The van der Waals surface area contributed by atoms with Crippen LogP contribution in [0.15, 0.2) is 41.4 Å². The minimum absolute atomic E-state index is 0.346. The molecule has 0 radical (unpaired) electrons. The Morgan fingerprint density at radius 1 is 1.07 bits per heavy atom. The van der Waals surface area contributed by atoms with Crippen molar-refractivity contribution in [1.82, 2.24) is 4.98 Å². The van der Waals surface area contributed by atoms with E-state index in [2.05, 4.69) is 4.98 Å². The zero-order chi connectivity index (χ0) is 22.1. The highest BCUT2D eigenvalue weighted by Crippen LogP contribution is 2.31. The zero-order valence-corrected chi connectivity index (χ0v) is 16.8. The second-order valence-electron chi connectivity index (χ2n) is 6.91. The van der Waals surface area contributed by atoms with Gasteiger partial charge in [-0.1, -0.05) is 0 Å². The van der Waals surface area contributed by atoms with Crippen LogP contribution in [-0.2, 0) is 16.0 Å². The van der Waals surface area contributed by atoms with E-state index in [1.165, 1.54) is 24.3 Å². The van der Waals surface area contributed by atoms with Crippen molar-refractivity contribution < 1.29 is 26.5 Å². The topological polar surface area (TPSA) is 96.7 Å². The lowest BCUT2D eigenvalue weighted by Crippen LogP contribution is -2.31. The number of halogens is 3. The van der Waals surface area contributed by atoms with Crippen molar-refractivity contribution in [2.75, 3.05) is 42.2 Å². The molecule has 0 spiro atoms. The Balaban J connectivity index is 1.78. The minimum Gasteiger partial charge on any atom is -0.369 e. The quantitative estimate of drug-likeness (QED) is 0.528. The summed E-state index contributed by atoms with van der Waals surface area (Å²) in [6.07, 6.45) is -2.10. The number of anilines is 2. The third-order valence-electron chi connectivity index (χ3n) is 4.80. The summed E-state index contributed by atoms with van der Waals surface area (Å²) in [7, 11) is -3.75. The third kappa shape index (κ3) is 4.81. The number of nitro benzene ring substituents is 1. The first-order chi connectivity index (χ1) is 14.0. The van der Waals surface area contributed by atoms with Crippen LogP contribution in [0.3, 0.4) is 0 Å². The van der Waals surface area contributed by atoms with Gasteiger partial charge in [0.05, 0.1) is 10.5 Å². The lowest BCUT2D eigenvalue weighted by Gasteiger charge is -2.24. The highest BCUT2D eigenvalue weighted by atomic mass is 32.2. The molecule has 1 fully saturated rings. The summed E-state index contributed by atoms with van der Waals surface area (Å²) < 4.78 is 61.7. The maximum absolute atomic E-state index is 12.7. The third-order valence-corrected chi connectivity index (χ3v) is 5.94. The maximum atomic E-state index is 12.7. The number of rotatable bonds is 4. The molecule has 0 aliphatic carbocycles. The van der Waals surface area contributed by atoms with Crippen LogP contribution in [0, 0.1) is 10.1 Å². The Bertz CT molecular complexity index is 1040. The van der Waals surface area contributed by atoms with Crippen molar-refractivity contribution in [2.45, 2.75) is 17.5 Å². The molecule has 0 N–H and O–H groups in total. The monoisotopic (exact) mass is 444 g/mol. The van der Waals surface area contributed by atoms with Gasteiger partial charge in [-0.25, -0.2) is 13.4 Å². The Labute approximate surface area is 171 Å². The Kier molecular flexibility index (Phi) is 5.88. The second kappa shape index (κ2) is 8.09. The highest BCUT2D eigenvalue weighted by Gasteiger charge is 2.31. The molecule has 2 aromatic rings. The summed E-state index contributed by atoms with van der Waals surface area (Å²) >= 11 is 0. The normalized spacial score (nSPS) is 15.7. The number of alkyl halides is 3. The Hall–Kier alpha value is -2.89. The van der Waals surface area contributed by atoms with E-state index in [9.17, 15) is 31.7 Å². The molecule has 30 heavy (non-hydrogen) atoms. The van der Waals surface area contributed by atoms with Crippen molar-refractivity contribution in [3.63, 3.8) is 0 Å². The number of benzene rings is 1. The van der Waals surface area contributed by atoms with Crippen molar-refractivity contribution >= 4 is 27.0 Å². The minimum atomic E-state index is -4.45. The molecule has 2 heterocycles. The van der Waals surface area contributed by atoms with Crippen LogP contribution in [0.25, 0.3) is 0 Å². The fourth-order valence-corrected chi connectivity index (χ4v) is 4.13. The lowest BCUT2D eigenvalue weighted by atomic mass is 10.2. The molecule has 0 saturated carbocycles. The summed E-state index contributed by atoms with van der Waals surface area (Å²) in [5.74, 6) is 0.420. The van der Waals surface area contributed by atoms with Crippen LogP contribution in [0.4, 0.5) is 30.4 Å². The molecule has 1 aromatic carbocycles. The highest BCUT2D eigenvalue weighted by molar-refractivity contribution is 7.90. The second-order valence-corrected chi connectivity index (χ2v) is 8.90. The van der Waals surface area contributed by atoms with Crippen LogP contribution in [0.5, 0.6) is 0 Å². The molecule has 0 bridgehead atoms. The van der Waals surface area contributed by atoms with Gasteiger partial charge in [0.1, 0.15) is 10.7 Å². The molecule has 0 amide bonds. The largest absolute Gasteiger partial charge is 0.417 e. The van der Waals surface area contributed by atoms with Crippen molar-refractivity contribution in [3.8, 4) is 0 Å². The van der Waals surface area contributed by atoms with Crippen LogP contribution in [0.1, 0.15) is 12.0 Å². The molecule has 0 atom stereocenters. The number of aromatic nitrogens is 1. The average Bonchev–Trinajstić information content (AvgIpc) is 2.92. The molecule has 162 valence electrons. The Morgan fingerprint density at radius 2 is 1.73 bits per heavy atom. The molecule has 8 nitrogen and oxygen atoms in total. The summed E-state index contributed by atoms with van der Waals surface area (Å²) in [6.45, 7) is 1.99. The van der Waals surface area contributed by atoms with Crippen LogP contribution >= 0.6 is 0 Å². The van der Waals surface area contributed by atoms with Gasteiger partial charge in [-0.2, -0.15) is 13.2 Å². The molecule has 0 unspecified atom stereocenters. The number of nitro groups is 1. The fraction of sp³-hybridized carbons (Fsp3) is 0.389. The van der Waals surface area contributed by atoms with Crippen molar-refractivity contribution in [3.05, 3.63) is 52.2 Å². The SMILES string of the molecule is CS(=O)(=O)c1ccc(N2CCCN(c3ccc(C(F)(F)F)cn3)CC2)cc1[N+](=O)[O-]. The van der Waals surface area contributed by atoms with Gasteiger partial charge in [0.15, 0.2) is 9.84 Å². The fourth-order valence-electron chi connectivity index (χ4n) is 3.30. The molecule has 1 aliphatic heterocycles. The van der Waals surface area contributed by atoms with Gasteiger partial charge >= 0.3 is 6.18 Å². The molecule has 12 heteroatoms. The predicted octanol–water partition coefficient (Wildman–Crippen LogP) is 3.13. The van der Waals surface area contributed by atoms with Crippen LogP contribution < -0.4 is 9.80 Å². The first-order valence-electron chi connectivity index (χ1n) is 8.98. The van der Waals surface area contributed by atoms with Crippen molar-refractivity contribution in [1.29, 1.82) is 0 Å². The Morgan fingerprint density at radius 3 is 2.30 bits per heavy atom. The smallest absolute Gasteiger partial charge is 0.369 e. The first kappa shape index (κ1) is 21.8. The average molecular weight is 444 g/mol. The maximum Gasteiger partial charge on any atom is 0.417 e. The summed E-state index contributed by atoms with van der Waals surface area (Å²) in [6, 6.07) is 6.29. The van der Waals surface area contributed by atoms with Gasteiger partial charge in [-0.05, 0) is 30.7 Å². The summed E-state index contributed by atoms with van der Waals surface area (Å²) in [5, 5.41) is 11.3. The summed E-state index contributed by atoms with van der Waals surface area (Å²) in [4.78, 5) is 17.9. The van der Waals surface area contributed by atoms with E-state index in [1.807, 2.05) is 9.80 Å². The van der Waals surface area contributed by atoms with E-state index < -0.39 is 32.2 Å². The molecule has 3 rings (SSSR count). The number of nitrogens with zero attached hydrogens (tertiary/aromatic N) is 4. The lowest BCUT2D eigenvalue weighted by molar-refractivity contribution is -0.387. The van der Waals surface area contributed by atoms with E-state index in [0.29, 0.717) is 44.1 Å². The molecular formula is C18H19F3N4O4S. The number of hydrogen-bond donors (Lipinski definition) is 0. The van der Waals surface area contributed by atoms with Crippen molar-refractivity contribution in [2.24, 2.45) is 0 Å². The first-order valence-corrected chi connectivity index (χ1v) is 10.9. The number of hydrogen-bond acceptors (Lipinski definition) is 7. The van der Waals surface area contributed by atoms with Crippen LogP contribution in [0.2, 0.25) is 0 Å². The number of pyridine rings is 1. The summed E-state index contributed by atoms with van der Waals surface area (Å²) in [5.41, 5.74) is -0.794. The van der Waals surface area contributed by atoms with E-state index in [-0.39, 0.29) is 4.90 Å². The molecular weight excluding hydrogens is 425 g/mol.